The van der Waals surface area contributed by atoms with E-state index in [2.05, 4.69) is 0 Å². The van der Waals surface area contributed by atoms with Crippen molar-refractivity contribution < 1.29 is 13.2 Å². The molecule has 6 nitrogen and oxygen atoms in total. The Bertz CT molecular complexity index is 1320. The first-order chi connectivity index (χ1) is 15.3. The number of sulfonamides is 1. The van der Waals surface area contributed by atoms with Crippen molar-refractivity contribution in [1.29, 1.82) is 0 Å². The van der Waals surface area contributed by atoms with Crippen molar-refractivity contribution in [1.82, 2.24) is 8.87 Å². The van der Waals surface area contributed by atoms with Crippen LogP contribution >= 0.6 is 11.6 Å². The van der Waals surface area contributed by atoms with E-state index >= 15 is 0 Å². The molecule has 0 amide bonds. The lowest BCUT2D eigenvalue weighted by Crippen LogP contribution is -2.56. The minimum atomic E-state index is -3.60. The van der Waals surface area contributed by atoms with Crippen molar-refractivity contribution in [3.63, 3.8) is 0 Å². The summed E-state index contributed by atoms with van der Waals surface area (Å²) in [6.45, 7) is 2.41. The maximum atomic E-state index is 12.9. The molecule has 0 radical (unpaired) electrons. The molecular formula is C24H23ClN2O4S. The Labute approximate surface area is 192 Å². The van der Waals surface area contributed by atoms with Crippen LogP contribution in [0.4, 0.5) is 0 Å². The summed E-state index contributed by atoms with van der Waals surface area (Å²) < 4.78 is 35.0. The van der Waals surface area contributed by atoms with Gasteiger partial charge < -0.3 is 9.30 Å². The number of aromatic nitrogens is 1. The Hall–Kier alpha value is -2.61. The molecule has 1 aliphatic heterocycles. The van der Waals surface area contributed by atoms with Crippen LogP contribution in [-0.4, -0.2) is 36.5 Å². The average molecular weight is 471 g/mol. The Balaban J connectivity index is 1.24. The van der Waals surface area contributed by atoms with Crippen LogP contribution < -0.4 is 10.3 Å². The fourth-order valence-corrected chi connectivity index (χ4v) is 5.74. The second-order valence-corrected chi connectivity index (χ2v) is 10.7. The molecule has 2 aromatic carbocycles. The van der Waals surface area contributed by atoms with Crippen LogP contribution in [0.25, 0.3) is 11.1 Å². The van der Waals surface area contributed by atoms with Gasteiger partial charge in [0, 0.05) is 22.8 Å². The van der Waals surface area contributed by atoms with Gasteiger partial charge in [-0.2, -0.15) is 4.31 Å². The van der Waals surface area contributed by atoms with Crippen LogP contribution in [0.1, 0.15) is 24.6 Å². The molecule has 0 N–H and O–H groups in total. The third-order valence-corrected chi connectivity index (χ3v) is 7.99. The Morgan fingerprint density at radius 1 is 0.969 bits per heavy atom. The van der Waals surface area contributed by atoms with E-state index in [-0.39, 0.29) is 29.6 Å². The number of nitrogens with zero attached hydrogens (tertiary/aromatic N) is 2. The Morgan fingerprint density at radius 2 is 1.69 bits per heavy atom. The number of hydrogen-bond acceptors (Lipinski definition) is 4. The first kappa shape index (κ1) is 21.2. The number of ether oxygens (including phenoxy) is 1. The first-order valence-electron chi connectivity index (χ1n) is 10.6. The highest BCUT2D eigenvalue weighted by atomic mass is 35.5. The highest BCUT2D eigenvalue weighted by Gasteiger charge is 2.38. The van der Waals surface area contributed by atoms with Crippen molar-refractivity contribution >= 4 is 21.6 Å². The summed E-state index contributed by atoms with van der Waals surface area (Å²) in [5.74, 6) is 0.498. The minimum absolute atomic E-state index is 0.0638. The van der Waals surface area contributed by atoms with E-state index in [1.165, 1.54) is 10.4 Å². The van der Waals surface area contributed by atoms with Crippen LogP contribution in [0.15, 0.2) is 70.4 Å². The normalized spacial score (nSPS) is 17.2. The quantitative estimate of drug-likeness (QED) is 0.539. The summed E-state index contributed by atoms with van der Waals surface area (Å²) >= 11 is 6.05. The van der Waals surface area contributed by atoms with E-state index in [0.29, 0.717) is 16.8 Å². The maximum absolute atomic E-state index is 12.9. The predicted octanol–water partition coefficient (Wildman–Crippen LogP) is 4.26. The monoisotopic (exact) mass is 470 g/mol. The lowest BCUT2D eigenvalue weighted by atomic mass is 10.1. The van der Waals surface area contributed by atoms with E-state index in [9.17, 15) is 13.2 Å². The van der Waals surface area contributed by atoms with Gasteiger partial charge in [0.15, 0.2) is 0 Å². The molecule has 2 aliphatic rings. The third-order valence-electron chi connectivity index (χ3n) is 5.91. The van der Waals surface area contributed by atoms with Gasteiger partial charge in [-0.25, -0.2) is 8.42 Å². The SMILES string of the molecule is Cc1cc(OC2CN(S(=O)(=O)c3ccc(-c4cccc(Cl)c4)cc3)C2)cc(=O)n1C1CC1. The van der Waals surface area contributed by atoms with Gasteiger partial charge in [0.05, 0.1) is 18.0 Å². The number of halogens is 1. The van der Waals surface area contributed by atoms with Crippen LogP contribution in [-0.2, 0) is 10.0 Å². The van der Waals surface area contributed by atoms with Crippen molar-refractivity contribution in [3.05, 3.63) is 81.7 Å². The standard InChI is InChI=1S/C24H23ClN2O4S/c1-16-11-21(13-24(28)27(16)20-7-8-20)31-22-14-26(15-22)32(29,30)23-9-5-17(6-10-23)18-3-2-4-19(25)12-18/h2-6,9-13,20,22H,7-8,14-15H2,1H3. The number of benzene rings is 2. The summed E-state index contributed by atoms with van der Waals surface area (Å²) in [5.41, 5.74) is 2.63. The Morgan fingerprint density at radius 3 is 2.31 bits per heavy atom. The Kier molecular flexibility index (Phi) is 5.35. The highest BCUT2D eigenvalue weighted by Crippen LogP contribution is 2.35. The molecule has 166 valence electrons. The molecule has 5 rings (SSSR count). The van der Waals surface area contributed by atoms with Crippen LogP contribution in [0, 0.1) is 6.92 Å². The number of aryl methyl sites for hydroxylation is 1. The fraction of sp³-hybridized carbons (Fsp3) is 0.292. The second-order valence-electron chi connectivity index (χ2n) is 8.37. The highest BCUT2D eigenvalue weighted by molar-refractivity contribution is 7.89. The molecule has 0 bridgehead atoms. The van der Waals surface area contributed by atoms with Crippen molar-refractivity contribution in [2.45, 2.75) is 36.8 Å². The zero-order valence-corrected chi connectivity index (χ0v) is 19.1. The summed E-state index contributed by atoms with van der Waals surface area (Å²) in [7, 11) is -3.60. The molecule has 1 saturated carbocycles. The van der Waals surface area contributed by atoms with E-state index in [0.717, 1.165) is 29.7 Å². The summed E-state index contributed by atoms with van der Waals surface area (Å²) in [6.07, 6.45) is 1.80. The van der Waals surface area contributed by atoms with Crippen LogP contribution in [0.2, 0.25) is 5.02 Å². The van der Waals surface area contributed by atoms with Crippen LogP contribution in [0.3, 0.4) is 0 Å². The molecule has 1 aliphatic carbocycles. The molecular weight excluding hydrogens is 448 g/mol. The van der Waals surface area contributed by atoms with Crippen molar-refractivity contribution in [2.24, 2.45) is 0 Å². The lowest BCUT2D eigenvalue weighted by molar-refractivity contribution is 0.0758. The average Bonchev–Trinajstić information content (AvgIpc) is 3.55. The molecule has 2 heterocycles. The van der Waals surface area contributed by atoms with E-state index < -0.39 is 10.0 Å². The minimum Gasteiger partial charge on any atom is -0.487 e. The second kappa shape index (κ2) is 8.06. The molecule has 1 aromatic heterocycles. The largest absolute Gasteiger partial charge is 0.487 e. The van der Waals surface area contributed by atoms with Gasteiger partial charge in [0.1, 0.15) is 11.9 Å². The topological polar surface area (TPSA) is 68.6 Å². The van der Waals surface area contributed by atoms with Gasteiger partial charge >= 0.3 is 0 Å². The van der Waals surface area contributed by atoms with Gasteiger partial charge in [0.2, 0.25) is 10.0 Å². The van der Waals surface area contributed by atoms with Gasteiger partial charge in [-0.05, 0) is 61.2 Å². The fourth-order valence-electron chi connectivity index (χ4n) is 4.05. The molecule has 32 heavy (non-hydrogen) atoms. The van der Waals surface area contributed by atoms with E-state index in [4.69, 9.17) is 16.3 Å². The first-order valence-corrected chi connectivity index (χ1v) is 12.4. The summed E-state index contributed by atoms with van der Waals surface area (Å²) in [5, 5.41) is 0.630. The summed E-state index contributed by atoms with van der Waals surface area (Å²) in [4.78, 5) is 12.6. The lowest BCUT2D eigenvalue weighted by Gasteiger charge is -2.37. The number of pyridine rings is 1. The molecule has 8 heteroatoms. The smallest absolute Gasteiger partial charge is 0.254 e. The van der Waals surface area contributed by atoms with Gasteiger partial charge in [-0.3, -0.25) is 4.79 Å². The zero-order valence-electron chi connectivity index (χ0n) is 17.6. The van der Waals surface area contributed by atoms with Crippen LogP contribution in [0.5, 0.6) is 5.75 Å². The van der Waals surface area contributed by atoms with Gasteiger partial charge in [-0.15, -0.1) is 0 Å². The molecule has 0 spiro atoms. The molecule has 3 aromatic rings. The zero-order chi connectivity index (χ0) is 22.5. The number of rotatable bonds is 6. The summed E-state index contributed by atoms with van der Waals surface area (Å²) in [6, 6.07) is 17.9. The molecule has 1 saturated heterocycles. The van der Waals surface area contributed by atoms with E-state index in [1.807, 2.05) is 31.2 Å². The molecule has 0 unspecified atom stereocenters. The van der Waals surface area contributed by atoms with Gasteiger partial charge in [0.25, 0.3) is 5.56 Å². The van der Waals surface area contributed by atoms with E-state index in [1.54, 1.807) is 34.9 Å². The molecule has 0 atom stereocenters. The number of hydrogen-bond donors (Lipinski definition) is 0. The third kappa shape index (κ3) is 4.08. The predicted molar refractivity (Wildman–Crippen MR) is 124 cm³/mol. The van der Waals surface area contributed by atoms with Gasteiger partial charge in [-0.1, -0.05) is 35.9 Å². The maximum Gasteiger partial charge on any atom is 0.254 e. The van der Waals surface area contributed by atoms with Crippen molar-refractivity contribution in [3.8, 4) is 16.9 Å². The molecule has 2 fully saturated rings. The van der Waals surface area contributed by atoms with Crippen molar-refractivity contribution in [2.75, 3.05) is 13.1 Å².